The molecule has 0 amide bonds. The van der Waals surface area contributed by atoms with Crippen LogP contribution in [-0.4, -0.2) is 11.2 Å². The van der Waals surface area contributed by atoms with Crippen LogP contribution in [-0.2, 0) is 6.54 Å². The van der Waals surface area contributed by atoms with E-state index in [4.69, 9.17) is 22.1 Å². The lowest BCUT2D eigenvalue weighted by Gasteiger charge is -2.10. The molecule has 20 heavy (non-hydrogen) atoms. The molecule has 1 aromatic carbocycles. The smallest absolute Gasteiger partial charge is 0.250 e. The molecular formula is C14H14ClFN2O2. The SMILES string of the molecule is Nc1ccc(=O)n(CCCOc2c(F)cccc2Cl)c1. The molecular weight excluding hydrogens is 283 g/mol. The third-order valence-corrected chi connectivity index (χ3v) is 3.01. The van der Waals surface area contributed by atoms with Crippen molar-refractivity contribution in [1.82, 2.24) is 4.57 Å². The van der Waals surface area contributed by atoms with Crippen molar-refractivity contribution in [2.45, 2.75) is 13.0 Å². The number of pyridine rings is 1. The lowest BCUT2D eigenvalue weighted by molar-refractivity contribution is 0.287. The molecule has 0 fully saturated rings. The summed E-state index contributed by atoms with van der Waals surface area (Å²) in [7, 11) is 0. The maximum absolute atomic E-state index is 13.4. The summed E-state index contributed by atoms with van der Waals surface area (Å²) < 4.78 is 20.2. The van der Waals surface area contributed by atoms with E-state index in [9.17, 15) is 9.18 Å². The molecule has 0 aliphatic rings. The Kier molecular flexibility index (Phi) is 4.63. The van der Waals surface area contributed by atoms with Crippen LogP contribution >= 0.6 is 11.6 Å². The summed E-state index contributed by atoms with van der Waals surface area (Å²) in [6.07, 6.45) is 2.10. The van der Waals surface area contributed by atoms with Crippen LogP contribution in [0.4, 0.5) is 10.1 Å². The molecule has 0 radical (unpaired) electrons. The van der Waals surface area contributed by atoms with Crippen molar-refractivity contribution in [3.63, 3.8) is 0 Å². The highest BCUT2D eigenvalue weighted by molar-refractivity contribution is 6.32. The van der Waals surface area contributed by atoms with Crippen molar-refractivity contribution in [3.8, 4) is 5.75 Å². The molecule has 0 spiro atoms. The predicted molar refractivity (Wildman–Crippen MR) is 76.6 cm³/mol. The van der Waals surface area contributed by atoms with Crippen molar-refractivity contribution < 1.29 is 9.13 Å². The number of nitrogens with two attached hydrogens (primary N) is 1. The summed E-state index contributed by atoms with van der Waals surface area (Å²) in [5, 5.41) is 0.228. The highest BCUT2D eigenvalue weighted by Gasteiger charge is 2.07. The van der Waals surface area contributed by atoms with Crippen LogP contribution in [0.15, 0.2) is 41.3 Å². The first-order valence-corrected chi connectivity index (χ1v) is 6.48. The fourth-order valence-corrected chi connectivity index (χ4v) is 1.97. The zero-order valence-corrected chi connectivity index (χ0v) is 11.4. The fraction of sp³-hybridized carbons (Fsp3) is 0.214. The molecule has 0 saturated heterocycles. The van der Waals surface area contributed by atoms with Gasteiger partial charge in [-0.15, -0.1) is 0 Å². The highest BCUT2D eigenvalue weighted by Crippen LogP contribution is 2.27. The van der Waals surface area contributed by atoms with Crippen LogP contribution in [0.1, 0.15) is 6.42 Å². The van der Waals surface area contributed by atoms with Crippen LogP contribution in [0.25, 0.3) is 0 Å². The van der Waals surface area contributed by atoms with Crippen LogP contribution in [0.3, 0.4) is 0 Å². The van der Waals surface area contributed by atoms with Crippen LogP contribution in [0, 0.1) is 5.82 Å². The van der Waals surface area contributed by atoms with Gasteiger partial charge in [-0.2, -0.15) is 0 Å². The molecule has 2 N–H and O–H groups in total. The summed E-state index contributed by atoms with van der Waals surface area (Å²) in [6.45, 7) is 0.692. The first-order chi connectivity index (χ1) is 9.58. The Balaban J connectivity index is 1.91. The monoisotopic (exact) mass is 296 g/mol. The Morgan fingerprint density at radius 3 is 2.85 bits per heavy atom. The Morgan fingerprint density at radius 1 is 1.30 bits per heavy atom. The van der Waals surface area contributed by atoms with Gasteiger partial charge in [0, 0.05) is 24.5 Å². The highest BCUT2D eigenvalue weighted by atomic mass is 35.5. The van der Waals surface area contributed by atoms with Crippen molar-refractivity contribution in [2.24, 2.45) is 0 Å². The third-order valence-electron chi connectivity index (χ3n) is 2.72. The van der Waals surface area contributed by atoms with Gasteiger partial charge in [-0.3, -0.25) is 4.79 Å². The molecule has 0 atom stereocenters. The number of benzene rings is 1. The van der Waals surface area contributed by atoms with E-state index in [0.29, 0.717) is 18.7 Å². The summed E-state index contributed by atoms with van der Waals surface area (Å²) in [6, 6.07) is 7.31. The van der Waals surface area contributed by atoms with E-state index in [2.05, 4.69) is 0 Å². The van der Waals surface area contributed by atoms with Gasteiger partial charge in [0.2, 0.25) is 0 Å². The lowest BCUT2D eigenvalue weighted by atomic mass is 10.3. The number of anilines is 1. The summed E-state index contributed by atoms with van der Waals surface area (Å²) in [5.41, 5.74) is 5.98. The number of nitrogen functional groups attached to an aromatic ring is 1. The molecule has 106 valence electrons. The van der Waals surface area contributed by atoms with E-state index in [-0.39, 0.29) is 22.9 Å². The maximum Gasteiger partial charge on any atom is 0.250 e. The molecule has 6 heteroatoms. The second kappa shape index (κ2) is 6.43. The molecule has 0 aliphatic carbocycles. The number of aryl methyl sites for hydroxylation is 1. The molecule has 1 heterocycles. The van der Waals surface area contributed by atoms with Gasteiger partial charge in [0.05, 0.1) is 11.6 Å². The number of nitrogens with zero attached hydrogens (tertiary/aromatic N) is 1. The van der Waals surface area contributed by atoms with Crippen LogP contribution in [0.2, 0.25) is 5.02 Å². The molecule has 0 saturated carbocycles. The number of halogens is 2. The van der Waals surface area contributed by atoms with Crippen molar-refractivity contribution in [1.29, 1.82) is 0 Å². The summed E-state index contributed by atoms with van der Waals surface area (Å²) in [4.78, 5) is 11.5. The fourth-order valence-electron chi connectivity index (χ4n) is 1.75. The first-order valence-electron chi connectivity index (χ1n) is 6.10. The second-order valence-corrected chi connectivity index (χ2v) is 4.65. The molecule has 4 nitrogen and oxygen atoms in total. The number of aromatic nitrogens is 1. The van der Waals surface area contributed by atoms with Gasteiger partial charge in [0.25, 0.3) is 5.56 Å². The Bertz CT molecular complexity index is 638. The largest absolute Gasteiger partial charge is 0.489 e. The minimum absolute atomic E-state index is 0.0362. The normalized spacial score (nSPS) is 10.5. The molecule has 2 aromatic rings. The molecule has 2 rings (SSSR count). The maximum atomic E-state index is 13.4. The van der Waals surface area contributed by atoms with Gasteiger partial charge in [0.15, 0.2) is 11.6 Å². The summed E-state index contributed by atoms with van der Waals surface area (Å²) >= 11 is 5.83. The first kappa shape index (κ1) is 14.4. The predicted octanol–water partition coefficient (Wildman–Crippen LogP) is 2.69. The van der Waals surface area contributed by atoms with Gasteiger partial charge >= 0.3 is 0 Å². The zero-order valence-electron chi connectivity index (χ0n) is 10.7. The third kappa shape index (κ3) is 3.51. The number of hydrogen-bond acceptors (Lipinski definition) is 3. The van der Waals surface area contributed by atoms with Gasteiger partial charge in [0.1, 0.15) is 0 Å². The number of rotatable bonds is 5. The number of ether oxygens (including phenoxy) is 1. The van der Waals surface area contributed by atoms with Crippen molar-refractivity contribution >= 4 is 17.3 Å². The van der Waals surface area contributed by atoms with Crippen molar-refractivity contribution in [3.05, 3.63) is 57.7 Å². The molecule has 0 bridgehead atoms. The standard InChI is InChI=1S/C14H14ClFN2O2/c15-11-3-1-4-12(16)14(11)20-8-2-7-18-9-10(17)5-6-13(18)19/h1,3-6,9H,2,7-8,17H2. The summed E-state index contributed by atoms with van der Waals surface area (Å²) in [5.74, 6) is -0.465. The Hall–Kier alpha value is -2.01. The van der Waals surface area contributed by atoms with Gasteiger partial charge in [-0.25, -0.2) is 4.39 Å². The van der Waals surface area contributed by atoms with Gasteiger partial charge in [-0.05, 0) is 24.6 Å². The van der Waals surface area contributed by atoms with Crippen LogP contribution in [0.5, 0.6) is 5.75 Å². The number of para-hydroxylation sites is 1. The Labute approximate surface area is 120 Å². The minimum atomic E-state index is -0.501. The topological polar surface area (TPSA) is 57.2 Å². The quantitative estimate of drug-likeness (QED) is 0.863. The van der Waals surface area contributed by atoms with E-state index in [0.717, 1.165) is 0 Å². The Morgan fingerprint density at radius 2 is 2.10 bits per heavy atom. The van der Waals surface area contributed by atoms with E-state index in [1.54, 1.807) is 18.3 Å². The van der Waals surface area contributed by atoms with Gasteiger partial charge in [-0.1, -0.05) is 17.7 Å². The van der Waals surface area contributed by atoms with E-state index in [1.807, 2.05) is 0 Å². The second-order valence-electron chi connectivity index (χ2n) is 4.25. The van der Waals surface area contributed by atoms with E-state index >= 15 is 0 Å². The van der Waals surface area contributed by atoms with Crippen LogP contribution < -0.4 is 16.0 Å². The van der Waals surface area contributed by atoms with E-state index in [1.165, 1.54) is 22.8 Å². The number of hydrogen-bond donors (Lipinski definition) is 1. The average molecular weight is 297 g/mol. The van der Waals surface area contributed by atoms with E-state index < -0.39 is 5.82 Å². The zero-order chi connectivity index (χ0) is 14.5. The average Bonchev–Trinajstić information content (AvgIpc) is 2.41. The van der Waals surface area contributed by atoms with Crippen molar-refractivity contribution in [2.75, 3.05) is 12.3 Å². The lowest BCUT2D eigenvalue weighted by Crippen LogP contribution is -2.20. The van der Waals surface area contributed by atoms with Gasteiger partial charge < -0.3 is 15.0 Å². The minimum Gasteiger partial charge on any atom is -0.489 e. The molecule has 1 aromatic heterocycles. The molecule has 0 unspecified atom stereocenters. The molecule has 0 aliphatic heterocycles.